The van der Waals surface area contributed by atoms with Gasteiger partial charge in [0.2, 0.25) is 5.91 Å². The molecular weight excluding hydrogens is 178 g/mol. The summed E-state index contributed by atoms with van der Waals surface area (Å²) in [6.07, 6.45) is 1.98. The third-order valence-corrected chi connectivity index (χ3v) is 3.26. The van der Waals surface area contributed by atoms with Gasteiger partial charge in [-0.2, -0.15) is 0 Å². The summed E-state index contributed by atoms with van der Waals surface area (Å²) >= 11 is 0. The van der Waals surface area contributed by atoms with Crippen LogP contribution in [0.5, 0.6) is 0 Å². The van der Waals surface area contributed by atoms with Gasteiger partial charge in [0.05, 0.1) is 12.6 Å². The van der Waals surface area contributed by atoms with Gasteiger partial charge in [0.25, 0.3) is 0 Å². The molecule has 0 aliphatic carbocycles. The van der Waals surface area contributed by atoms with Crippen LogP contribution in [0.4, 0.5) is 0 Å². The van der Waals surface area contributed by atoms with Crippen LogP contribution in [0.2, 0.25) is 0 Å². The predicted molar refractivity (Wildman–Crippen MR) is 55.8 cm³/mol. The molecule has 0 bridgehead atoms. The van der Waals surface area contributed by atoms with E-state index >= 15 is 0 Å². The van der Waals surface area contributed by atoms with Gasteiger partial charge >= 0.3 is 0 Å². The fourth-order valence-corrected chi connectivity index (χ4v) is 1.86. The van der Waals surface area contributed by atoms with E-state index < -0.39 is 0 Å². The standard InChI is InChI=1S/C11H21NO2/c1-8(2)9(3)11(14)12-6-4-5-10(12)7-13/h8-10,13H,4-7H2,1-3H3/t9?,10-/m0/s1. The van der Waals surface area contributed by atoms with Crippen LogP contribution < -0.4 is 0 Å². The van der Waals surface area contributed by atoms with Gasteiger partial charge in [-0.05, 0) is 18.8 Å². The number of likely N-dealkylation sites (tertiary alicyclic amines) is 1. The van der Waals surface area contributed by atoms with Crippen molar-refractivity contribution in [2.24, 2.45) is 11.8 Å². The largest absolute Gasteiger partial charge is 0.394 e. The molecule has 1 rings (SSSR count). The van der Waals surface area contributed by atoms with Gasteiger partial charge in [-0.1, -0.05) is 20.8 Å². The van der Waals surface area contributed by atoms with E-state index in [0.29, 0.717) is 5.92 Å². The first-order chi connectivity index (χ1) is 6.57. The lowest BCUT2D eigenvalue weighted by atomic mass is 9.96. The Kier molecular flexibility index (Phi) is 3.93. The number of aliphatic hydroxyl groups excluding tert-OH is 1. The fourth-order valence-electron chi connectivity index (χ4n) is 1.86. The van der Waals surface area contributed by atoms with E-state index in [2.05, 4.69) is 13.8 Å². The molecule has 1 amide bonds. The Bertz CT molecular complexity index is 203. The van der Waals surface area contributed by atoms with Crippen molar-refractivity contribution in [2.75, 3.05) is 13.2 Å². The van der Waals surface area contributed by atoms with E-state index in [-0.39, 0.29) is 24.5 Å². The second kappa shape index (κ2) is 4.78. The van der Waals surface area contributed by atoms with E-state index in [9.17, 15) is 4.79 Å². The molecule has 82 valence electrons. The maximum atomic E-state index is 12.0. The minimum absolute atomic E-state index is 0.0714. The highest BCUT2D eigenvalue weighted by molar-refractivity contribution is 5.79. The number of hydrogen-bond donors (Lipinski definition) is 1. The third kappa shape index (κ3) is 2.27. The van der Waals surface area contributed by atoms with Crippen LogP contribution in [0, 0.1) is 11.8 Å². The Morgan fingerprint density at radius 3 is 2.64 bits per heavy atom. The molecule has 1 fully saturated rings. The SMILES string of the molecule is CC(C)C(C)C(=O)N1CCC[C@H]1CO. The Balaban J connectivity index is 2.59. The van der Waals surface area contributed by atoms with Crippen LogP contribution >= 0.6 is 0 Å². The molecule has 3 nitrogen and oxygen atoms in total. The van der Waals surface area contributed by atoms with Gasteiger partial charge in [0, 0.05) is 12.5 Å². The zero-order valence-corrected chi connectivity index (χ0v) is 9.36. The monoisotopic (exact) mass is 199 g/mol. The minimum atomic E-state index is 0.0714. The Labute approximate surface area is 86.1 Å². The molecule has 0 aromatic carbocycles. The lowest BCUT2D eigenvalue weighted by Crippen LogP contribution is -2.41. The van der Waals surface area contributed by atoms with Crippen molar-refractivity contribution in [3.8, 4) is 0 Å². The molecule has 3 heteroatoms. The van der Waals surface area contributed by atoms with Gasteiger partial charge in [-0.15, -0.1) is 0 Å². The highest BCUT2D eigenvalue weighted by Gasteiger charge is 2.31. The predicted octanol–water partition coefficient (Wildman–Crippen LogP) is 1.26. The lowest BCUT2D eigenvalue weighted by molar-refractivity contribution is -0.137. The Morgan fingerprint density at radius 2 is 2.14 bits per heavy atom. The molecule has 1 saturated heterocycles. The molecule has 14 heavy (non-hydrogen) atoms. The zero-order valence-electron chi connectivity index (χ0n) is 9.36. The zero-order chi connectivity index (χ0) is 10.7. The highest BCUT2D eigenvalue weighted by Crippen LogP contribution is 2.22. The maximum absolute atomic E-state index is 12.0. The fraction of sp³-hybridized carbons (Fsp3) is 0.909. The van der Waals surface area contributed by atoms with Crippen LogP contribution in [0.3, 0.4) is 0 Å². The van der Waals surface area contributed by atoms with Crippen molar-refractivity contribution >= 4 is 5.91 Å². The molecule has 1 aliphatic heterocycles. The van der Waals surface area contributed by atoms with E-state index in [1.165, 1.54) is 0 Å². The van der Waals surface area contributed by atoms with Crippen molar-refractivity contribution in [3.63, 3.8) is 0 Å². The quantitative estimate of drug-likeness (QED) is 0.743. The normalized spacial score (nSPS) is 24.4. The van der Waals surface area contributed by atoms with Crippen LogP contribution in [0.15, 0.2) is 0 Å². The second-order valence-electron chi connectivity index (χ2n) is 4.54. The third-order valence-electron chi connectivity index (χ3n) is 3.26. The highest BCUT2D eigenvalue weighted by atomic mass is 16.3. The van der Waals surface area contributed by atoms with E-state index in [1.807, 2.05) is 11.8 Å². The number of nitrogens with zero attached hydrogens (tertiary/aromatic N) is 1. The summed E-state index contributed by atoms with van der Waals surface area (Å²) in [7, 11) is 0. The number of rotatable bonds is 3. The number of carbonyl (C=O) groups is 1. The van der Waals surface area contributed by atoms with Crippen molar-refractivity contribution < 1.29 is 9.90 Å². The average Bonchev–Trinajstić information content (AvgIpc) is 2.62. The van der Waals surface area contributed by atoms with Crippen molar-refractivity contribution in [2.45, 2.75) is 39.7 Å². The van der Waals surface area contributed by atoms with Crippen molar-refractivity contribution in [3.05, 3.63) is 0 Å². The maximum Gasteiger partial charge on any atom is 0.225 e. The first-order valence-corrected chi connectivity index (χ1v) is 5.49. The van der Waals surface area contributed by atoms with Crippen molar-refractivity contribution in [1.82, 2.24) is 4.90 Å². The summed E-state index contributed by atoms with van der Waals surface area (Å²) in [6, 6.07) is 0.0729. The van der Waals surface area contributed by atoms with Gasteiger partial charge < -0.3 is 10.0 Å². The molecular formula is C11H21NO2. The van der Waals surface area contributed by atoms with Crippen LogP contribution in [-0.4, -0.2) is 35.1 Å². The van der Waals surface area contributed by atoms with E-state index in [0.717, 1.165) is 19.4 Å². The number of carbonyl (C=O) groups excluding carboxylic acids is 1. The Morgan fingerprint density at radius 1 is 1.50 bits per heavy atom. The summed E-state index contributed by atoms with van der Waals surface area (Å²) in [6.45, 7) is 7.02. The Hall–Kier alpha value is -0.570. The van der Waals surface area contributed by atoms with Gasteiger partial charge in [0.15, 0.2) is 0 Å². The summed E-state index contributed by atoms with van der Waals surface area (Å²) in [5.41, 5.74) is 0. The summed E-state index contributed by atoms with van der Waals surface area (Å²) < 4.78 is 0. The molecule has 0 saturated carbocycles. The molecule has 0 spiro atoms. The topological polar surface area (TPSA) is 40.5 Å². The lowest BCUT2D eigenvalue weighted by Gasteiger charge is -2.27. The van der Waals surface area contributed by atoms with Crippen LogP contribution in [0.1, 0.15) is 33.6 Å². The molecule has 1 N–H and O–H groups in total. The molecule has 2 atom stereocenters. The van der Waals surface area contributed by atoms with E-state index in [4.69, 9.17) is 5.11 Å². The molecule has 0 radical (unpaired) electrons. The molecule has 0 aromatic heterocycles. The van der Waals surface area contributed by atoms with E-state index in [1.54, 1.807) is 0 Å². The summed E-state index contributed by atoms with van der Waals surface area (Å²) in [5.74, 6) is 0.654. The van der Waals surface area contributed by atoms with Crippen LogP contribution in [0.25, 0.3) is 0 Å². The first kappa shape index (κ1) is 11.5. The van der Waals surface area contributed by atoms with Gasteiger partial charge in [-0.25, -0.2) is 0 Å². The molecule has 1 unspecified atom stereocenters. The molecule has 0 aromatic rings. The summed E-state index contributed by atoms with van der Waals surface area (Å²) in [5, 5.41) is 9.11. The number of hydrogen-bond acceptors (Lipinski definition) is 2. The number of amides is 1. The average molecular weight is 199 g/mol. The van der Waals surface area contributed by atoms with Crippen molar-refractivity contribution in [1.29, 1.82) is 0 Å². The van der Waals surface area contributed by atoms with Crippen LogP contribution in [-0.2, 0) is 4.79 Å². The number of aliphatic hydroxyl groups is 1. The summed E-state index contributed by atoms with van der Waals surface area (Å²) in [4.78, 5) is 13.8. The van der Waals surface area contributed by atoms with Gasteiger partial charge in [0.1, 0.15) is 0 Å². The smallest absolute Gasteiger partial charge is 0.225 e. The first-order valence-electron chi connectivity index (χ1n) is 5.49. The molecule has 1 heterocycles. The second-order valence-corrected chi connectivity index (χ2v) is 4.54. The minimum Gasteiger partial charge on any atom is -0.394 e. The molecule has 1 aliphatic rings. The van der Waals surface area contributed by atoms with Gasteiger partial charge in [-0.3, -0.25) is 4.79 Å².